The predicted molar refractivity (Wildman–Crippen MR) is 121 cm³/mol. The van der Waals surface area contributed by atoms with Crippen molar-refractivity contribution in [2.24, 2.45) is 0 Å². The SMILES string of the molecule is CN(CC(=O)Nc1ccccc1Cl)C(=O)CNc1ccc2c(c1)Cc1ccccc1-2. The van der Waals surface area contributed by atoms with Crippen LogP contribution in [0.2, 0.25) is 5.02 Å². The Labute approximate surface area is 180 Å². The van der Waals surface area contributed by atoms with Gasteiger partial charge in [-0.05, 0) is 52.9 Å². The molecule has 152 valence electrons. The lowest BCUT2D eigenvalue weighted by atomic mass is 10.1. The number of hydrogen-bond donors (Lipinski definition) is 2. The van der Waals surface area contributed by atoms with Crippen molar-refractivity contribution in [3.05, 3.63) is 82.9 Å². The number of carbonyl (C=O) groups excluding carboxylic acids is 2. The van der Waals surface area contributed by atoms with E-state index < -0.39 is 0 Å². The summed E-state index contributed by atoms with van der Waals surface area (Å²) in [6.45, 7) is 0.0623. The van der Waals surface area contributed by atoms with Gasteiger partial charge in [-0.15, -0.1) is 0 Å². The van der Waals surface area contributed by atoms with Crippen molar-refractivity contribution in [3.63, 3.8) is 0 Å². The molecule has 30 heavy (non-hydrogen) atoms. The van der Waals surface area contributed by atoms with Gasteiger partial charge in [-0.1, -0.05) is 54.1 Å². The number of benzene rings is 3. The van der Waals surface area contributed by atoms with E-state index in [1.54, 1.807) is 31.3 Å². The quantitative estimate of drug-likeness (QED) is 0.486. The highest BCUT2D eigenvalue weighted by Crippen LogP contribution is 2.37. The van der Waals surface area contributed by atoms with Crippen LogP contribution in [0.15, 0.2) is 66.7 Å². The van der Waals surface area contributed by atoms with Crippen molar-refractivity contribution in [2.75, 3.05) is 30.8 Å². The standard InChI is InChI=1S/C24H22ClN3O2/c1-28(15-23(29)27-22-9-5-4-8-21(22)25)24(30)14-26-18-10-11-20-17(13-18)12-16-6-2-3-7-19(16)20/h2-11,13,26H,12,14-15H2,1H3,(H,27,29). The molecule has 0 saturated heterocycles. The molecule has 0 saturated carbocycles. The van der Waals surface area contributed by atoms with Gasteiger partial charge in [0.2, 0.25) is 11.8 Å². The number of anilines is 2. The molecule has 0 spiro atoms. The highest BCUT2D eigenvalue weighted by Gasteiger charge is 2.18. The Morgan fingerprint density at radius 3 is 2.53 bits per heavy atom. The third kappa shape index (κ3) is 4.31. The number of fused-ring (bicyclic) bond motifs is 3. The van der Waals surface area contributed by atoms with Crippen molar-refractivity contribution in [3.8, 4) is 11.1 Å². The number of amides is 2. The summed E-state index contributed by atoms with van der Waals surface area (Å²) < 4.78 is 0. The van der Waals surface area contributed by atoms with E-state index in [1.165, 1.54) is 27.2 Å². The van der Waals surface area contributed by atoms with Crippen LogP contribution >= 0.6 is 11.6 Å². The van der Waals surface area contributed by atoms with Crippen LogP contribution in [0.3, 0.4) is 0 Å². The maximum Gasteiger partial charge on any atom is 0.244 e. The summed E-state index contributed by atoms with van der Waals surface area (Å²) in [5.41, 5.74) is 6.52. The monoisotopic (exact) mass is 419 g/mol. The van der Waals surface area contributed by atoms with Crippen molar-refractivity contribution in [1.82, 2.24) is 4.90 Å². The number of rotatable bonds is 6. The Balaban J connectivity index is 1.31. The second-order valence-corrected chi connectivity index (χ2v) is 7.74. The van der Waals surface area contributed by atoms with Gasteiger partial charge in [0.25, 0.3) is 0 Å². The summed E-state index contributed by atoms with van der Waals surface area (Å²) in [7, 11) is 1.61. The van der Waals surface area contributed by atoms with Gasteiger partial charge in [-0.3, -0.25) is 9.59 Å². The molecule has 1 aliphatic rings. The molecule has 0 bridgehead atoms. The number of carbonyl (C=O) groups is 2. The van der Waals surface area contributed by atoms with Crippen LogP contribution in [0.4, 0.5) is 11.4 Å². The highest BCUT2D eigenvalue weighted by atomic mass is 35.5. The molecule has 6 heteroatoms. The molecule has 0 aromatic heterocycles. The van der Waals surface area contributed by atoms with Crippen LogP contribution in [0.25, 0.3) is 11.1 Å². The molecule has 2 N–H and O–H groups in total. The van der Waals surface area contributed by atoms with Crippen LogP contribution < -0.4 is 10.6 Å². The molecule has 0 fully saturated rings. The molecule has 3 aromatic rings. The van der Waals surface area contributed by atoms with E-state index in [2.05, 4.69) is 47.0 Å². The van der Waals surface area contributed by atoms with Gasteiger partial charge >= 0.3 is 0 Å². The Bertz CT molecular complexity index is 1110. The number of para-hydroxylation sites is 1. The van der Waals surface area contributed by atoms with Crippen LogP contribution in [0, 0.1) is 0 Å². The summed E-state index contributed by atoms with van der Waals surface area (Å²) >= 11 is 6.05. The minimum Gasteiger partial charge on any atom is -0.376 e. The van der Waals surface area contributed by atoms with E-state index in [9.17, 15) is 9.59 Å². The lowest BCUT2D eigenvalue weighted by Gasteiger charge is -2.18. The Morgan fingerprint density at radius 2 is 1.70 bits per heavy atom. The lowest BCUT2D eigenvalue weighted by Crippen LogP contribution is -2.38. The van der Waals surface area contributed by atoms with Crippen LogP contribution in [0.5, 0.6) is 0 Å². The van der Waals surface area contributed by atoms with E-state index in [0.717, 1.165) is 12.1 Å². The van der Waals surface area contributed by atoms with Gasteiger partial charge in [-0.25, -0.2) is 0 Å². The minimum atomic E-state index is -0.297. The van der Waals surface area contributed by atoms with Gasteiger partial charge in [0, 0.05) is 12.7 Å². The lowest BCUT2D eigenvalue weighted by molar-refractivity contribution is -0.131. The van der Waals surface area contributed by atoms with Crippen molar-refractivity contribution in [1.29, 1.82) is 0 Å². The normalized spacial score (nSPS) is 11.4. The highest BCUT2D eigenvalue weighted by molar-refractivity contribution is 6.33. The van der Waals surface area contributed by atoms with Crippen molar-refractivity contribution < 1.29 is 9.59 Å². The molecule has 0 radical (unpaired) electrons. The topological polar surface area (TPSA) is 61.4 Å². The summed E-state index contributed by atoms with van der Waals surface area (Å²) in [6, 6.07) is 21.6. The number of nitrogens with one attached hydrogen (secondary N) is 2. The van der Waals surface area contributed by atoms with E-state index >= 15 is 0 Å². The van der Waals surface area contributed by atoms with Crippen molar-refractivity contribution >= 4 is 34.8 Å². The predicted octanol–water partition coefficient (Wildman–Crippen LogP) is 4.42. The molecule has 0 heterocycles. The largest absolute Gasteiger partial charge is 0.376 e. The zero-order valence-corrected chi connectivity index (χ0v) is 17.4. The average molecular weight is 420 g/mol. The van der Waals surface area contributed by atoms with E-state index in [-0.39, 0.29) is 24.9 Å². The van der Waals surface area contributed by atoms with Crippen LogP contribution in [-0.4, -0.2) is 36.9 Å². The van der Waals surface area contributed by atoms with Gasteiger partial charge < -0.3 is 15.5 Å². The smallest absolute Gasteiger partial charge is 0.244 e. The Morgan fingerprint density at radius 1 is 0.967 bits per heavy atom. The first-order chi connectivity index (χ1) is 14.5. The van der Waals surface area contributed by atoms with E-state index in [0.29, 0.717) is 10.7 Å². The number of halogens is 1. The number of nitrogens with zero attached hydrogens (tertiary/aromatic N) is 1. The fourth-order valence-corrected chi connectivity index (χ4v) is 3.81. The Kier molecular flexibility index (Phi) is 5.72. The number of likely N-dealkylation sites (N-methyl/N-ethyl adjacent to an activating group) is 1. The van der Waals surface area contributed by atoms with Gasteiger partial charge in [0.15, 0.2) is 0 Å². The molecular formula is C24H22ClN3O2. The molecule has 0 aliphatic heterocycles. The Hall–Kier alpha value is -3.31. The third-order valence-corrected chi connectivity index (χ3v) is 5.52. The van der Waals surface area contributed by atoms with Gasteiger partial charge in [0.1, 0.15) is 0 Å². The summed E-state index contributed by atoms with van der Waals surface area (Å²) in [5.74, 6) is -0.470. The van der Waals surface area contributed by atoms with E-state index in [1.807, 2.05) is 6.07 Å². The molecule has 0 unspecified atom stereocenters. The molecule has 3 aromatic carbocycles. The summed E-state index contributed by atoms with van der Waals surface area (Å²) in [5, 5.41) is 6.35. The van der Waals surface area contributed by atoms with Crippen LogP contribution in [-0.2, 0) is 16.0 Å². The zero-order valence-electron chi connectivity index (χ0n) is 16.6. The molecule has 5 nitrogen and oxygen atoms in total. The fourth-order valence-electron chi connectivity index (χ4n) is 3.62. The third-order valence-electron chi connectivity index (χ3n) is 5.19. The van der Waals surface area contributed by atoms with Crippen molar-refractivity contribution in [2.45, 2.75) is 6.42 Å². The summed E-state index contributed by atoms with van der Waals surface area (Å²) in [4.78, 5) is 26.0. The molecule has 1 aliphatic carbocycles. The maximum absolute atomic E-state index is 12.4. The minimum absolute atomic E-state index is 0.0504. The molecular weight excluding hydrogens is 398 g/mol. The molecule has 2 amide bonds. The van der Waals surface area contributed by atoms with Crippen LogP contribution in [0.1, 0.15) is 11.1 Å². The van der Waals surface area contributed by atoms with E-state index in [4.69, 9.17) is 11.6 Å². The molecule has 4 rings (SSSR count). The zero-order chi connectivity index (χ0) is 21.1. The second kappa shape index (κ2) is 8.59. The number of hydrogen-bond acceptors (Lipinski definition) is 3. The fraction of sp³-hybridized carbons (Fsp3) is 0.167. The van der Waals surface area contributed by atoms with Gasteiger partial charge in [0.05, 0.1) is 23.8 Å². The second-order valence-electron chi connectivity index (χ2n) is 7.34. The molecule has 0 atom stereocenters. The first-order valence-corrected chi connectivity index (χ1v) is 10.1. The maximum atomic E-state index is 12.4. The summed E-state index contributed by atoms with van der Waals surface area (Å²) in [6.07, 6.45) is 0.900. The average Bonchev–Trinajstić information content (AvgIpc) is 3.11. The first kappa shape index (κ1) is 20.0. The first-order valence-electron chi connectivity index (χ1n) is 9.74. The van der Waals surface area contributed by atoms with Gasteiger partial charge in [-0.2, -0.15) is 0 Å².